The van der Waals surface area contributed by atoms with Crippen molar-refractivity contribution < 1.29 is 4.79 Å². The van der Waals surface area contributed by atoms with Gasteiger partial charge in [0.05, 0.1) is 5.56 Å². The van der Waals surface area contributed by atoms with E-state index in [1.165, 1.54) is 0 Å². The molecular weight excluding hydrogens is 372 g/mol. The molecule has 0 bridgehead atoms. The van der Waals surface area contributed by atoms with Crippen molar-refractivity contribution in [1.29, 1.82) is 0 Å². The molecule has 0 saturated carbocycles. The molecular formula is C14H20Br2N2O. The highest BCUT2D eigenvalue weighted by Gasteiger charge is 2.19. The molecule has 0 aliphatic heterocycles. The molecule has 1 atom stereocenters. The van der Waals surface area contributed by atoms with Crippen molar-refractivity contribution in [3.63, 3.8) is 0 Å². The van der Waals surface area contributed by atoms with E-state index in [-0.39, 0.29) is 11.9 Å². The van der Waals surface area contributed by atoms with E-state index in [0.717, 1.165) is 15.5 Å². The topological polar surface area (TPSA) is 32.3 Å². The van der Waals surface area contributed by atoms with Crippen LogP contribution in [0.4, 0.5) is 0 Å². The molecule has 0 aliphatic rings. The molecule has 0 saturated heterocycles. The van der Waals surface area contributed by atoms with Gasteiger partial charge in [0.15, 0.2) is 0 Å². The van der Waals surface area contributed by atoms with E-state index in [1.807, 2.05) is 32.3 Å². The zero-order chi connectivity index (χ0) is 14.6. The quantitative estimate of drug-likeness (QED) is 0.832. The number of amides is 1. The van der Waals surface area contributed by atoms with Gasteiger partial charge in [-0.15, -0.1) is 0 Å². The number of carbonyl (C=O) groups is 1. The summed E-state index contributed by atoms with van der Waals surface area (Å²) in [6.45, 7) is 5.06. The van der Waals surface area contributed by atoms with Gasteiger partial charge in [0, 0.05) is 21.5 Å². The lowest BCUT2D eigenvalue weighted by atomic mass is 10.0. The van der Waals surface area contributed by atoms with E-state index in [4.69, 9.17) is 0 Å². The van der Waals surface area contributed by atoms with Crippen LogP contribution in [0.3, 0.4) is 0 Å². The Bertz CT molecular complexity index is 447. The highest BCUT2D eigenvalue weighted by Crippen LogP contribution is 2.21. The first-order valence-electron chi connectivity index (χ1n) is 6.22. The molecule has 0 radical (unpaired) electrons. The number of carbonyl (C=O) groups excluding carboxylic acids is 1. The Kier molecular flexibility index (Phi) is 6.50. The van der Waals surface area contributed by atoms with Crippen molar-refractivity contribution in [2.45, 2.75) is 19.9 Å². The fourth-order valence-electron chi connectivity index (χ4n) is 1.73. The molecule has 1 aromatic carbocycles. The Hall–Kier alpha value is -0.390. The molecule has 0 heterocycles. The third-order valence-corrected chi connectivity index (χ3v) is 4.04. The number of halogens is 2. The molecule has 0 spiro atoms. The van der Waals surface area contributed by atoms with E-state index in [2.05, 4.69) is 55.9 Å². The van der Waals surface area contributed by atoms with Crippen LogP contribution < -0.4 is 5.32 Å². The highest BCUT2D eigenvalue weighted by molar-refractivity contribution is 9.11. The molecule has 106 valence electrons. The van der Waals surface area contributed by atoms with Crippen molar-refractivity contribution in [3.05, 3.63) is 32.7 Å². The second kappa shape index (κ2) is 7.41. The number of nitrogens with zero attached hydrogens (tertiary/aromatic N) is 1. The van der Waals surface area contributed by atoms with Gasteiger partial charge in [-0.2, -0.15) is 0 Å². The average molecular weight is 392 g/mol. The zero-order valence-electron chi connectivity index (χ0n) is 11.7. The number of benzene rings is 1. The summed E-state index contributed by atoms with van der Waals surface area (Å²) in [6.07, 6.45) is 0. The number of rotatable bonds is 5. The van der Waals surface area contributed by atoms with Gasteiger partial charge in [0.1, 0.15) is 0 Å². The van der Waals surface area contributed by atoms with Gasteiger partial charge in [0.25, 0.3) is 5.91 Å². The SMILES string of the molecule is CC(C)C(CN(C)C)NC(=O)c1cc(Br)ccc1Br. The molecule has 1 unspecified atom stereocenters. The lowest BCUT2D eigenvalue weighted by Crippen LogP contribution is -2.45. The van der Waals surface area contributed by atoms with Crippen LogP contribution in [0, 0.1) is 5.92 Å². The fourth-order valence-corrected chi connectivity index (χ4v) is 2.52. The molecule has 0 fully saturated rings. The minimum atomic E-state index is -0.0475. The second-order valence-electron chi connectivity index (χ2n) is 5.21. The van der Waals surface area contributed by atoms with Gasteiger partial charge in [-0.05, 0) is 54.1 Å². The Balaban J connectivity index is 2.84. The third kappa shape index (κ3) is 5.24. The molecule has 19 heavy (non-hydrogen) atoms. The highest BCUT2D eigenvalue weighted by atomic mass is 79.9. The summed E-state index contributed by atoms with van der Waals surface area (Å²) in [5.41, 5.74) is 0.652. The fraction of sp³-hybridized carbons (Fsp3) is 0.500. The maximum Gasteiger partial charge on any atom is 0.252 e. The van der Waals surface area contributed by atoms with Crippen molar-refractivity contribution in [2.24, 2.45) is 5.92 Å². The largest absolute Gasteiger partial charge is 0.348 e. The minimum absolute atomic E-state index is 0.0475. The van der Waals surface area contributed by atoms with Gasteiger partial charge in [-0.3, -0.25) is 4.79 Å². The number of nitrogens with one attached hydrogen (secondary N) is 1. The van der Waals surface area contributed by atoms with Crippen molar-refractivity contribution >= 4 is 37.8 Å². The van der Waals surface area contributed by atoms with Crippen LogP contribution in [0.25, 0.3) is 0 Å². The number of hydrogen-bond donors (Lipinski definition) is 1. The van der Waals surface area contributed by atoms with Crippen molar-refractivity contribution in [3.8, 4) is 0 Å². The van der Waals surface area contributed by atoms with Gasteiger partial charge >= 0.3 is 0 Å². The molecule has 1 N–H and O–H groups in total. The summed E-state index contributed by atoms with van der Waals surface area (Å²) in [7, 11) is 4.02. The first-order valence-corrected chi connectivity index (χ1v) is 7.80. The maximum atomic E-state index is 12.3. The van der Waals surface area contributed by atoms with Gasteiger partial charge in [0.2, 0.25) is 0 Å². The van der Waals surface area contributed by atoms with Crippen LogP contribution in [-0.2, 0) is 0 Å². The van der Waals surface area contributed by atoms with Crippen molar-refractivity contribution in [2.75, 3.05) is 20.6 Å². The van der Waals surface area contributed by atoms with Gasteiger partial charge < -0.3 is 10.2 Å². The normalized spacial score (nSPS) is 12.8. The van der Waals surface area contributed by atoms with E-state index in [1.54, 1.807) is 0 Å². The molecule has 1 amide bonds. The van der Waals surface area contributed by atoms with Crippen molar-refractivity contribution in [1.82, 2.24) is 10.2 Å². The lowest BCUT2D eigenvalue weighted by Gasteiger charge is -2.25. The Labute approximate surface area is 132 Å². The minimum Gasteiger partial charge on any atom is -0.348 e. The summed E-state index contributed by atoms with van der Waals surface area (Å²) in [6, 6.07) is 5.73. The van der Waals surface area contributed by atoms with E-state index in [0.29, 0.717) is 11.5 Å². The molecule has 5 heteroatoms. The monoisotopic (exact) mass is 390 g/mol. The van der Waals surface area contributed by atoms with Gasteiger partial charge in [-0.1, -0.05) is 29.8 Å². The van der Waals surface area contributed by atoms with E-state index >= 15 is 0 Å². The van der Waals surface area contributed by atoms with E-state index < -0.39 is 0 Å². The molecule has 0 aromatic heterocycles. The Morgan fingerprint density at radius 3 is 2.47 bits per heavy atom. The van der Waals surface area contributed by atoms with E-state index in [9.17, 15) is 4.79 Å². The second-order valence-corrected chi connectivity index (χ2v) is 6.98. The smallest absolute Gasteiger partial charge is 0.252 e. The van der Waals surface area contributed by atoms with Crippen LogP contribution >= 0.6 is 31.9 Å². The summed E-state index contributed by atoms with van der Waals surface area (Å²) in [5.74, 6) is 0.339. The molecule has 1 aromatic rings. The van der Waals surface area contributed by atoms with Crippen LogP contribution in [0.15, 0.2) is 27.1 Å². The summed E-state index contributed by atoms with van der Waals surface area (Å²) < 4.78 is 1.70. The zero-order valence-corrected chi connectivity index (χ0v) is 14.9. The van der Waals surface area contributed by atoms with Crippen LogP contribution in [0.5, 0.6) is 0 Å². The predicted octanol–water partition coefficient (Wildman–Crippen LogP) is 3.53. The Morgan fingerprint density at radius 2 is 1.95 bits per heavy atom. The van der Waals surface area contributed by atoms with Gasteiger partial charge in [-0.25, -0.2) is 0 Å². The van der Waals surface area contributed by atoms with Crippen LogP contribution in [-0.4, -0.2) is 37.5 Å². The summed E-state index contributed by atoms with van der Waals surface area (Å²) in [5, 5.41) is 3.10. The predicted molar refractivity (Wildman–Crippen MR) is 86.5 cm³/mol. The lowest BCUT2D eigenvalue weighted by molar-refractivity contribution is 0.0916. The third-order valence-electron chi connectivity index (χ3n) is 2.86. The number of likely N-dealkylation sites (N-methyl/N-ethyl adjacent to an activating group) is 1. The first kappa shape index (κ1) is 16.7. The maximum absolute atomic E-state index is 12.3. The van der Waals surface area contributed by atoms with Crippen LogP contribution in [0.2, 0.25) is 0 Å². The molecule has 1 rings (SSSR count). The first-order chi connectivity index (χ1) is 8.81. The summed E-state index contributed by atoms with van der Waals surface area (Å²) in [4.78, 5) is 14.4. The number of hydrogen-bond acceptors (Lipinski definition) is 2. The Morgan fingerprint density at radius 1 is 1.32 bits per heavy atom. The standard InChI is InChI=1S/C14H20Br2N2O/c1-9(2)13(8-18(3)4)17-14(19)11-7-10(15)5-6-12(11)16/h5-7,9,13H,8H2,1-4H3,(H,17,19). The van der Waals surface area contributed by atoms with Crippen LogP contribution in [0.1, 0.15) is 24.2 Å². The molecule has 3 nitrogen and oxygen atoms in total. The molecule has 0 aliphatic carbocycles. The summed E-state index contributed by atoms with van der Waals surface area (Å²) >= 11 is 6.81. The average Bonchev–Trinajstić information content (AvgIpc) is 2.30.